The molecule has 1 atom stereocenters. The molecule has 0 aromatic heterocycles. The number of benzene rings is 2. The minimum absolute atomic E-state index is 0.187. The van der Waals surface area contributed by atoms with Crippen LogP contribution in [0.2, 0.25) is 0 Å². The highest BCUT2D eigenvalue weighted by atomic mass is 16.7. The van der Waals surface area contributed by atoms with Gasteiger partial charge < -0.3 is 14.2 Å². The topological polar surface area (TPSA) is 27.7 Å². The Kier molecular flexibility index (Phi) is 8.21. The quantitative estimate of drug-likeness (QED) is 0.305. The summed E-state index contributed by atoms with van der Waals surface area (Å²) in [6, 6.07) is 17.0. The van der Waals surface area contributed by atoms with Crippen molar-refractivity contribution in [3.05, 3.63) is 59.7 Å². The van der Waals surface area contributed by atoms with Crippen LogP contribution in [0, 0.1) is 0 Å². The zero-order valence-corrected chi connectivity index (χ0v) is 19.2. The number of ether oxygens (including phenoxy) is 3. The maximum atomic E-state index is 5.87. The molecule has 2 aromatic carbocycles. The summed E-state index contributed by atoms with van der Waals surface area (Å²) >= 11 is 0. The SMILES string of the molecule is CCC(C)(C)c1ccc(OC(C)OCCOc2ccc(C3CCCCC3)cc2)cc1. The fourth-order valence-corrected chi connectivity index (χ4v) is 4.06. The lowest BCUT2D eigenvalue weighted by atomic mass is 9.82. The van der Waals surface area contributed by atoms with Crippen molar-refractivity contribution in [3.63, 3.8) is 0 Å². The van der Waals surface area contributed by atoms with Gasteiger partial charge in [-0.3, -0.25) is 0 Å². The minimum Gasteiger partial charge on any atom is -0.491 e. The van der Waals surface area contributed by atoms with Crippen LogP contribution in [0.15, 0.2) is 48.5 Å². The van der Waals surface area contributed by atoms with Crippen molar-refractivity contribution in [1.29, 1.82) is 0 Å². The molecular weight excluding hydrogens is 372 g/mol. The zero-order chi connectivity index (χ0) is 21.4. The number of hydrogen-bond donors (Lipinski definition) is 0. The standard InChI is InChI=1S/C27H38O3/c1-5-27(3,4)24-13-17-26(18-14-24)30-21(2)28-19-20-29-25-15-11-23(12-16-25)22-9-7-6-8-10-22/h11-18,21-22H,5-10,19-20H2,1-4H3. The second-order valence-corrected chi connectivity index (χ2v) is 9.07. The normalized spacial score (nSPS) is 16.3. The second-order valence-electron chi connectivity index (χ2n) is 9.07. The third-order valence-corrected chi connectivity index (χ3v) is 6.48. The van der Waals surface area contributed by atoms with E-state index in [9.17, 15) is 0 Å². The molecule has 3 rings (SSSR count). The summed E-state index contributed by atoms with van der Waals surface area (Å²) in [6.45, 7) is 9.67. The van der Waals surface area contributed by atoms with E-state index in [1.165, 1.54) is 43.2 Å². The Morgan fingerprint density at radius 2 is 1.50 bits per heavy atom. The average molecular weight is 411 g/mol. The molecule has 30 heavy (non-hydrogen) atoms. The van der Waals surface area contributed by atoms with E-state index in [4.69, 9.17) is 14.2 Å². The van der Waals surface area contributed by atoms with Gasteiger partial charge in [-0.25, -0.2) is 0 Å². The monoisotopic (exact) mass is 410 g/mol. The summed E-state index contributed by atoms with van der Waals surface area (Å²) in [5.41, 5.74) is 2.97. The van der Waals surface area contributed by atoms with Crippen molar-refractivity contribution >= 4 is 0 Å². The summed E-state index contributed by atoms with van der Waals surface area (Å²) in [4.78, 5) is 0. The van der Waals surface area contributed by atoms with E-state index in [0.29, 0.717) is 13.2 Å². The Balaban J connectivity index is 1.37. The molecule has 0 N–H and O–H groups in total. The van der Waals surface area contributed by atoms with Crippen molar-refractivity contribution in [1.82, 2.24) is 0 Å². The Bertz CT molecular complexity index is 743. The van der Waals surface area contributed by atoms with Crippen LogP contribution < -0.4 is 9.47 Å². The van der Waals surface area contributed by atoms with Gasteiger partial charge in [0, 0.05) is 0 Å². The van der Waals surface area contributed by atoms with Crippen LogP contribution >= 0.6 is 0 Å². The molecule has 1 saturated carbocycles. The van der Waals surface area contributed by atoms with Crippen LogP contribution in [0.5, 0.6) is 11.5 Å². The van der Waals surface area contributed by atoms with Gasteiger partial charge in [-0.1, -0.05) is 64.3 Å². The summed E-state index contributed by atoms with van der Waals surface area (Å²) in [7, 11) is 0. The maximum Gasteiger partial charge on any atom is 0.197 e. The van der Waals surface area contributed by atoms with E-state index < -0.39 is 0 Å². The molecule has 0 bridgehead atoms. The Morgan fingerprint density at radius 1 is 0.867 bits per heavy atom. The number of rotatable bonds is 10. The van der Waals surface area contributed by atoms with Crippen LogP contribution in [-0.4, -0.2) is 19.5 Å². The van der Waals surface area contributed by atoms with Crippen molar-refractivity contribution in [2.45, 2.75) is 83.8 Å². The molecule has 0 radical (unpaired) electrons. The van der Waals surface area contributed by atoms with Crippen LogP contribution in [0.4, 0.5) is 0 Å². The van der Waals surface area contributed by atoms with Crippen molar-refractivity contribution < 1.29 is 14.2 Å². The van der Waals surface area contributed by atoms with Gasteiger partial charge in [0.15, 0.2) is 6.29 Å². The molecule has 164 valence electrons. The van der Waals surface area contributed by atoms with Gasteiger partial charge in [-0.15, -0.1) is 0 Å². The summed E-state index contributed by atoms with van der Waals surface area (Å²) in [5, 5.41) is 0. The van der Waals surface area contributed by atoms with E-state index in [2.05, 4.69) is 57.2 Å². The Labute approximate surface area is 182 Å². The Hall–Kier alpha value is -2.00. The summed E-state index contributed by atoms with van der Waals surface area (Å²) in [6.07, 6.45) is 7.56. The molecule has 1 aliphatic rings. The first-order valence-electron chi connectivity index (χ1n) is 11.6. The van der Waals surface area contributed by atoms with Gasteiger partial charge in [0.25, 0.3) is 0 Å². The van der Waals surface area contributed by atoms with Crippen LogP contribution in [0.3, 0.4) is 0 Å². The summed E-state index contributed by atoms with van der Waals surface area (Å²) < 4.78 is 17.5. The molecular formula is C27H38O3. The molecule has 1 unspecified atom stereocenters. The van der Waals surface area contributed by atoms with Gasteiger partial charge >= 0.3 is 0 Å². The first-order valence-corrected chi connectivity index (χ1v) is 11.6. The molecule has 0 spiro atoms. The highest BCUT2D eigenvalue weighted by molar-refractivity contribution is 5.31. The van der Waals surface area contributed by atoms with E-state index in [1.54, 1.807) is 0 Å². The largest absolute Gasteiger partial charge is 0.491 e. The average Bonchev–Trinajstić information content (AvgIpc) is 2.78. The first-order chi connectivity index (χ1) is 14.5. The molecule has 0 amide bonds. The summed E-state index contributed by atoms with van der Waals surface area (Å²) in [5.74, 6) is 2.47. The lowest BCUT2D eigenvalue weighted by Crippen LogP contribution is -2.20. The van der Waals surface area contributed by atoms with Gasteiger partial charge in [-0.05, 0) is 72.9 Å². The van der Waals surface area contributed by atoms with Gasteiger partial charge in [0.05, 0.1) is 6.61 Å². The van der Waals surface area contributed by atoms with E-state index in [-0.39, 0.29) is 11.7 Å². The van der Waals surface area contributed by atoms with Crippen molar-refractivity contribution in [2.24, 2.45) is 0 Å². The third-order valence-electron chi connectivity index (χ3n) is 6.48. The van der Waals surface area contributed by atoms with E-state index in [0.717, 1.165) is 23.8 Å². The minimum atomic E-state index is -0.313. The predicted molar refractivity (Wildman–Crippen MR) is 124 cm³/mol. The molecule has 1 fully saturated rings. The van der Waals surface area contributed by atoms with E-state index >= 15 is 0 Å². The maximum absolute atomic E-state index is 5.87. The fraction of sp³-hybridized carbons (Fsp3) is 0.556. The molecule has 3 nitrogen and oxygen atoms in total. The highest BCUT2D eigenvalue weighted by Gasteiger charge is 2.18. The van der Waals surface area contributed by atoms with Crippen LogP contribution in [0.1, 0.15) is 83.3 Å². The fourth-order valence-electron chi connectivity index (χ4n) is 4.06. The second kappa shape index (κ2) is 10.9. The lowest BCUT2D eigenvalue weighted by molar-refractivity contribution is -0.0739. The molecule has 0 aliphatic heterocycles. The van der Waals surface area contributed by atoms with Gasteiger partial charge in [0.1, 0.15) is 18.1 Å². The highest BCUT2D eigenvalue weighted by Crippen LogP contribution is 2.33. The van der Waals surface area contributed by atoms with Crippen LogP contribution in [0.25, 0.3) is 0 Å². The smallest absolute Gasteiger partial charge is 0.197 e. The third kappa shape index (κ3) is 6.50. The van der Waals surface area contributed by atoms with E-state index in [1.807, 2.05) is 19.1 Å². The Morgan fingerprint density at radius 3 is 2.13 bits per heavy atom. The van der Waals surface area contributed by atoms with Crippen molar-refractivity contribution in [3.8, 4) is 11.5 Å². The molecule has 0 saturated heterocycles. The zero-order valence-electron chi connectivity index (χ0n) is 19.2. The predicted octanol–water partition coefficient (Wildman–Crippen LogP) is 7.24. The molecule has 2 aromatic rings. The van der Waals surface area contributed by atoms with Gasteiger partial charge in [-0.2, -0.15) is 0 Å². The number of hydrogen-bond acceptors (Lipinski definition) is 3. The first kappa shape index (κ1) is 22.7. The lowest BCUT2D eigenvalue weighted by Gasteiger charge is -2.23. The molecule has 0 heterocycles. The molecule has 1 aliphatic carbocycles. The van der Waals surface area contributed by atoms with Crippen molar-refractivity contribution in [2.75, 3.05) is 13.2 Å². The van der Waals surface area contributed by atoms with Gasteiger partial charge in [0.2, 0.25) is 0 Å². The molecule has 3 heteroatoms. The van der Waals surface area contributed by atoms with Crippen LogP contribution in [-0.2, 0) is 10.2 Å².